The number of rotatable bonds is 4. The lowest BCUT2D eigenvalue weighted by Crippen LogP contribution is -2.28. The van der Waals surface area contributed by atoms with Crippen LogP contribution in [-0.2, 0) is 21.6 Å². The summed E-state index contributed by atoms with van der Waals surface area (Å²) in [7, 11) is 1.70. The fourth-order valence-electron chi connectivity index (χ4n) is 2.32. The molecule has 0 aromatic carbocycles. The Morgan fingerprint density at radius 2 is 1.32 bits per heavy atom. The van der Waals surface area contributed by atoms with Gasteiger partial charge in [-0.1, -0.05) is 13.8 Å². The molecule has 0 spiro atoms. The molecule has 0 atom stereocenters. The van der Waals surface area contributed by atoms with Gasteiger partial charge in [0, 0.05) is 6.92 Å². The van der Waals surface area contributed by atoms with Crippen molar-refractivity contribution >= 4 is 11.9 Å². The van der Waals surface area contributed by atoms with E-state index in [1.165, 1.54) is 13.8 Å². The number of methoxy groups -OCH3 is 2. The van der Waals surface area contributed by atoms with Crippen LogP contribution in [0.1, 0.15) is 64.4 Å². The summed E-state index contributed by atoms with van der Waals surface area (Å²) < 4.78 is 76.5. The summed E-state index contributed by atoms with van der Waals surface area (Å²) in [6, 6.07) is 0. The number of hydrogen-bond donors (Lipinski definition) is 0. The molecule has 140 valence electrons. The smallest absolute Gasteiger partial charge is 0.434 e. The van der Waals surface area contributed by atoms with E-state index in [4.69, 9.17) is 0 Å². The van der Waals surface area contributed by atoms with E-state index in [9.17, 15) is 31.5 Å². The number of carbonyl (C=O) groups is 2. The molecule has 25 heavy (non-hydrogen) atoms. The van der Waals surface area contributed by atoms with E-state index in [-0.39, 0.29) is 0 Å². The summed E-state index contributed by atoms with van der Waals surface area (Å²) in [5.74, 6) is -7.57. The summed E-state index contributed by atoms with van der Waals surface area (Å²) in [5, 5.41) is 0. The van der Waals surface area contributed by atoms with Crippen molar-refractivity contribution in [3.05, 3.63) is 28.1 Å². The highest BCUT2D eigenvalue weighted by Gasteiger charge is 2.45. The van der Waals surface area contributed by atoms with Crippen LogP contribution in [0, 0.1) is 0 Å². The van der Waals surface area contributed by atoms with Gasteiger partial charge in [-0.3, -0.25) is 0 Å². The molecule has 0 bridgehead atoms. The van der Waals surface area contributed by atoms with Gasteiger partial charge in [0.2, 0.25) is 0 Å². The van der Waals surface area contributed by atoms with Gasteiger partial charge < -0.3 is 9.47 Å². The number of hydrogen-bond acceptors (Lipinski definition) is 5. The lowest BCUT2D eigenvalue weighted by molar-refractivity contribution is -0.142. The number of esters is 2. The maximum atomic E-state index is 13.9. The Labute approximate surface area is 140 Å². The largest absolute Gasteiger partial charge is 0.465 e. The molecular formula is C15H16F5NO4. The summed E-state index contributed by atoms with van der Waals surface area (Å²) in [5.41, 5.74) is -5.77. The zero-order valence-corrected chi connectivity index (χ0v) is 14.0. The lowest BCUT2D eigenvalue weighted by Gasteiger charge is -2.24. The number of aromatic nitrogens is 1. The second-order valence-electron chi connectivity index (χ2n) is 5.50. The number of nitrogens with zero attached hydrogens (tertiary/aromatic N) is 1. The van der Waals surface area contributed by atoms with Crippen molar-refractivity contribution in [2.45, 2.75) is 38.8 Å². The molecule has 0 aliphatic heterocycles. The second-order valence-corrected chi connectivity index (χ2v) is 5.50. The van der Waals surface area contributed by atoms with Crippen LogP contribution in [-0.4, -0.2) is 31.1 Å². The van der Waals surface area contributed by atoms with Gasteiger partial charge in [-0.15, -0.1) is 0 Å². The van der Waals surface area contributed by atoms with Gasteiger partial charge in [0.15, 0.2) is 5.69 Å². The first kappa shape index (κ1) is 20.8. The van der Waals surface area contributed by atoms with E-state index >= 15 is 0 Å². The van der Waals surface area contributed by atoms with Crippen LogP contribution in [0.2, 0.25) is 0 Å². The standard InChI is InChI=1S/C15H16F5NO4/c1-6(2)7-8(12(22)24-4)10(14(3,16)17)21-11(15(18,19)20)9(7)13(23)25-5/h6H,1-5H3. The van der Waals surface area contributed by atoms with Gasteiger partial charge in [-0.05, 0) is 11.5 Å². The van der Waals surface area contributed by atoms with Gasteiger partial charge in [0.05, 0.1) is 25.3 Å². The van der Waals surface area contributed by atoms with Crippen LogP contribution in [0.4, 0.5) is 22.0 Å². The molecule has 10 heteroatoms. The Balaban J connectivity index is 4.20. The van der Waals surface area contributed by atoms with Crippen molar-refractivity contribution in [3.8, 4) is 0 Å². The molecule has 0 aliphatic carbocycles. The van der Waals surface area contributed by atoms with E-state index in [2.05, 4.69) is 14.5 Å². The number of carbonyl (C=O) groups excluding carboxylic acids is 2. The highest BCUT2D eigenvalue weighted by atomic mass is 19.4. The first-order chi connectivity index (χ1) is 11.3. The Hall–Kier alpha value is -2.26. The normalized spacial score (nSPS) is 12.3. The monoisotopic (exact) mass is 369 g/mol. The highest BCUT2D eigenvalue weighted by Crippen LogP contribution is 2.41. The molecular weight excluding hydrogens is 353 g/mol. The van der Waals surface area contributed by atoms with Crippen LogP contribution in [0.5, 0.6) is 0 Å². The maximum Gasteiger partial charge on any atom is 0.434 e. The fraction of sp³-hybridized carbons (Fsp3) is 0.533. The Morgan fingerprint density at radius 1 is 0.920 bits per heavy atom. The molecule has 0 fully saturated rings. The zero-order chi connectivity index (χ0) is 19.7. The van der Waals surface area contributed by atoms with Crippen molar-refractivity contribution in [1.29, 1.82) is 0 Å². The highest BCUT2D eigenvalue weighted by molar-refractivity contribution is 6.00. The van der Waals surface area contributed by atoms with Gasteiger partial charge in [0.25, 0.3) is 5.92 Å². The first-order valence-corrected chi connectivity index (χ1v) is 6.97. The number of ether oxygens (including phenoxy) is 2. The van der Waals surface area contributed by atoms with Crippen LogP contribution >= 0.6 is 0 Å². The molecule has 5 nitrogen and oxygen atoms in total. The fourth-order valence-corrected chi connectivity index (χ4v) is 2.32. The van der Waals surface area contributed by atoms with Gasteiger partial charge >= 0.3 is 18.1 Å². The van der Waals surface area contributed by atoms with Crippen LogP contribution < -0.4 is 0 Å². The topological polar surface area (TPSA) is 65.5 Å². The van der Waals surface area contributed by atoms with E-state index in [0.29, 0.717) is 6.92 Å². The van der Waals surface area contributed by atoms with Crippen molar-refractivity contribution in [3.63, 3.8) is 0 Å². The predicted molar refractivity (Wildman–Crippen MR) is 75.6 cm³/mol. The van der Waals surface area contributed by atoms with E-state index in [1.807, 2.05) is 0 Å². The zero-order valence-electron chi connectivity index (χ0n) is 14.0. The third-order valence-electron chi connectivity index (χ3n) is 3.28. The predicted octanol–water partition coefficient (Wildman–Crippen LogP) is 3.91. The minimum atomic E-state index is -5.22. The summed E-state index contributed by atoms with van der Waals surface area (Å²) >= 11 is 0. The van der Waals surface area contributed by atoms with Crippen molar-refractivity contribution < 1.29 is 41.0 Å². The molecule has 0 amide bonds. The molecule has 0 N–H and O–H groups in total. The van der Waals surface area contributed by atoms with Crippen molar-refractivity contribution in [1.82, 2.24) is 4.98 Å². The molecule has 1 aromatic rings. The average molecular weight is 369 g/mol. The van der Waals surface area contributed by atoms with E-state index in [1.54, 1.807) is 0 Å². The molecule has 0 saturated carbocycles. The average Bonchev–Trinajstić information content (AvgIpc) is 2.49. The van der Waals surface area contributed by atoms with Crippen LogP contribution in [0.3, 0.4) is 0 Å². The molecule has 0 radical (unpaired) electrons. The molecule has 1 heterocycles. The van der Waals surface area contributed by atoms with E-state index < -0.39 is 58.0 Å². The number of halogens is 5. The van der Waals surface area contributed by atoms with Gasteiger partial charge in [0.1, 0.15) is 5.69 Å². The Bertz CT molecular complexity index is 640. The van der Waals surface area contributed by atoms with Crippen LogP contribution in [0.15, 0.2) is 0 Å². The van der Waals surface area contributed by atoms with Crippen molar-refractivity contribution in [2.75, 3.05) is 14.2 Å². The molecule has 1 aromatic heterocycles. The minimum Gasteiger partial charge on any atom is -0.465 e. The first-order valence-electron chi connectivity index (χ1n) is 6.97. The van der Waals surface area contributed by atoms with Crippen LogP contribution in [0.25, 0.3) is 0 Å². The number of pyridine rings is 1. The van der Waals surface area contributed by atoms with E-state index in [0.717, 1.165) is 14.2 Å². The Morgan fingerprint density at radius 3 is 1.60 bits per heavy atom. The number of alkyl halides is 5. The summed E-state index contributed by atoms with van der Waals surface area (Å²) in [6.45, 7) is 2.97. The molecule has 1 rings (SSSR count). The third-order valence-corrected chi connectivity index (χ3v) is 3.28. The van der Waals surface area contributed by atoms with Gasteiger partial charge in [-0.25, -0.2) is 14.6 Å². The minimum absolute atomic E-state index is 0.295. The lowest BCUT2D eigenvalue weighted by atomic mass is 9.88. The second kappa shape index (κ2) is 6.93. The van der Waals surface area contributed by atoms with Crippen molar-refractivity contribution in [2.24, 2.45) is 0 Å². The molecule has 0 aliphatic rings. The Kier molecular flexibility index (Phi) is 5.76. The maximum absolute atomic E-state index is 13.9. The molecule has 0 saturated heterocycles. The SMILES string of the molecule is COC(=O)c1c(C(C)(F)F)nc(C(F)(F)F)c(C(=O)OC)c1C(C)C. The summed E-state index contributed by atoms with van der Waals surface area (Å²) in [4.78, 5) is 26.8. The third kappa shape index (κ3) is 4.05. The summed E-state index contributed by atoms with van der Waals surface area (Å²) in [6.07, 6.45) is -5.22. The van der Waals surface area contributed by atoms with Gasteiger partial charge in [-0.2, -0.15) is 22.0 Å². The quantitative estimate of drug-likeness (QED) is 0.595. The molecule has 0 unspecified atom stereocenters.